The molecule has 3 N–H and O–H groups in total. The molecule has 0 spiro atoms. The van der Waals surface area contributed by atoms with Crippen LogP contribution >= 0.6 is 0 Å². The number of amides is 1. The molecule has 0 bridgehead atoms. The molecule has 1 saturated heterocycles. The number of pyridine rings is 1. The van der Waals surface area contributed by atoms with Gasteiger partial charge in [-0.2, -0.15) is 9.61 Å². The molecule has 11 heteroatoms. The first-order chi connectivity index (χ1) is 17.1. The molecule has 1 amide bonds. The smallest absolute Gasteiger partial charge is 0.257 e. The zero-order valence-corrected chi connectivity index (χ0v) is 19.5. The van der Waals surface area contributed by atoms with Crippen molar-refractivity contribution in [3.05, 3.63) is 42.4 Å². The van der Waals surface area contributed by atoms with Gasteiger partial charge in [0.15, 0.2) is 5.65 Å². The maximum atomic E-state index is 13.0. The largest absolute Gasteiger partial charge is 0.391 e. The Balaban J connectivity index is 1.40. The fourth-order valence-electron chi connectivity index (χ4n) is 4.87. The van der Waals surface area contributed by atoms with E-state index in [1.165, 1.54) is 6.20 Å². The number of aromatic nitrogens is 5. The molecule has 1 aliphatic carbocycles. The summed E-state index contributed by atoms with van der Waals surface area (Å²) in [6, 6.07) is 5.68. The molecule has 2 aromatic rings. The molecular formula is C24H27N7O4. The molecule has 4 aliphatic rings. The molecule has 1 saturated carbocycles. The van der Waals surface area contributed by atoms with E-state index in [9.17, 15) is 9.90 Å². The summed E-state index contributed by atoms with van der Waals surface area (Å²) in [4.78, 5) is 22.5. The van der Waals surface area contributed by atoms with Gasteiger partial charge in [0.1, 0.15) is 23.3 Å². The number of nitrogens with one attached hydrogen (secondary N) is 2. The lowest BCUT2D eigenvalue weighted by Crippen LogP contribution is -2.50. The number of methoxy groups -OCH3 is 1. The summed E-state index contributed by atoms with van der Waals surface area (Å²) in [5, 5.41) is 20.3. The summed E-state index contributed by atoms with van der Waals surface area (Å²) in [6.07, 6.45) is 6.21. The van der Waals surface area contributed by atoms with Crippen molar-refractivity contribution in [3.8, 4) is 22.6 Å². The van der Waals surface area contributed by atoms with Crippen molar-refractivity contribution in [2.45, 2.75) is 37.1 Å². The van der Waals surface area contributed by atoms with Crippen molar-refractivity contribution >= 4 is 17.4 Å². The van der Waals surface area contributed by atoms with Crippen LogP contribution in [-0.2, 0) is 9.47 Å². The van der Waals surface area contributed by atoms with E-state index in [0.717, 1.165) is 23.4 Å². The van der Waals surface area contributed by atoms with Crippen LogP contribution in [0.1, 0.15) is 29.2 Å². The molecule has 6 rings (SSSR count). The van der Waals surface area contributed by atoms with Crippen LogP contribution in [0.25, 0.3) is 28.3 Å². The number of ether oxygens (including phenoxy) is 2. The molecule has 2 unspecified atom stereocenters. The van der Waals surface area contributed by atoms with Crippen LogP contribution in [0.5, 0.6) is 0 Å². The Bertz CT molecular complexity index is 1370. The highest BCUT2D eigenvalue weighted by atomic mass is 16.5. The van der Waals surface area contributed by atoms with E-state index in [2.05, 4.69) is 20.3 Å². The molecule has 2 aromatic heterocycles. The van der Waals surface area contributed by atoms with Crippen molar-refractivity contribution < 1.29 is 19.4 Å². The Kier molecular flexibility index (Phi) is 5.39. The van der Waals surface area contributed by atoms with Crippen LogP contribution in [0.15, 0.2) is 36.8 Å². The quantitative estimate of drug-likeness (QED) is 0.382. The minimum atomic E-state index is -0.506. The summed E-state index contributed by atoms with van der Waals surface area (Å²) in [6.45, 7) is 1.11. The Morgan fingerprint density at radius 3 is 2.89 bits per heavy atom. The van der Waals surface area contributed by atoms with Gasteiger partial charge in [0.25, 0.3) is 5.91 Å². The van der Waals surface area contributed by atoms with Gasteiger partial charge in [0.05, 0.1) is 43.3 Å². The molecule has 11 nitrogen and oxygen atoms in total. The van der Waals surface area contributed by atoms with Crippen molar-refractivity contribution in [1.82, 2.24) is 29.5 Å². The minimum absolute atomic E-state index is 0.0294. The number of hydrogen-bond donors (Lipinski definition) is 3. The summed E-state index contributed by atoms with van der Waals surface area (Å²) in [5.41, 5.74) is 3.25. The van der Waals surface area contributed by atoms with Crippen molar-refractivity contribution in [1.29, 1.82) is 0 Å². The molecule has 5 heterocycles. The number of rotatable bonds is 6. The third kappa shape index (κ3) is 3.54. The van der Waals surface area contributed by atoms with Crippen molar-refractivity contribution in [2.24, 2.45) is 0 Å². The Morgan fingerprint density at radius 2 is 2.14 bits per heavy atom. The summed E-state index contributed by atoms with van der Waals surface area (Å²) < 4.78 is 15.0. The van der Waals surface area contributed by atoms with Crippen LogP contribution in [0.3, 0.4) is 0 Å². The van der Waals surface area contributed by atoms with Gasteiger partial charge in [-0.05, 0) is 25.0 Å². The first-order valence-electron chi connectivity index (χ1n) is 11.7. The summed E-state index contributed by atoms with van der Waals surface area (Å²) in [5.74, 6) is 1.21. The highest BCUT2D eigenvalue weighted by Gasteiger charge is 2.33. The van der Waals surface area contributed by atoms with Gasteiger partial charge in [0, 0.05) is 43.7 Å². The number of nitrogens with zero attached hydrogens (tertiary/aromatic N) is 5. The highest BCUT2D eigenvalue weighted by Crippen LogP contribution is 2.36. The van der Waals surface area contributed by atoms with Crippen LogP contribution in [0.4, 0.5) is 5.82 Å². The number of aliphatic hydroxyl groups excluding tert-OH is 1. The zero-order chi connectivity index (χ0) is 24.1. The summed E-state index contributed by atoms with van der Waals surface area (Å²) in [7, 11) is 3.49. The molecule has 35 heavy (non-hydrogen) atoms. The summed E-state index contributed by atoms with van der Waals surface area (Å²) >= 11 is 0. The molecule has 0 aromatic carbocycles. The lowest BCUT2D eigenvalue weighted by Gasteiger charge is -2.32. The van der Waals surface area contributed by atoms with Gasteiger partial charge in [-0.15, -0.1) is 0 Å². The lowest BCUT2D eigenvalue weighted by atomic mass is 9.89. The third-order valence-corrected chi connectivity index (χ3v) is 7.06. The second-order valence-corrected chi connectivity index (χ2v) is 9.00. The fraction of sp³-hybridized carbons (Fsp3) is 0.417. The van der Waals surface area contributed by atoms with Gasteiger partial charge < -0.3 is 29.8 Å². The number of anilines is 1. The van der Waals surface area contributed by atoms with Gasteiger partial charge in [-0.1, -0.05) is 0 Å². The van der Waals surface area contributed by atoms with E-state index in [1.54, 1.807) is 24.9 Å². The average molecular weight is 478 g/mol. The number of carbonyl (C=O) groups excluding carboxylic acids is 1. The normalized spacial score (nSPS) is 24.1. The van der Waals surface area contributed by atoms with Crippen LogP contribution < -0.4 is 10.6 Å². The number of aliphatic hydroxyl groups is 1. The molecule has 0 radical (unpaired) electrons. The van der Waals surface area contributed by atoms with Crippen LogP contribution in [0, 0.1) is 0 Å². The van der Waals surface area contributed by atoms with Gasteiger partial charge in [-0.25, -0.2) is 9.97 Å². The van der Waals surface area contributed by atoms with Crippen molar-refractivity contribution in [3.63, 3.8) is 0 Å². The first kappa shape index (κ1) is 22.0. The molecule has 4 atom stereocenters. The van der Waals surface area contributed by atoms with E-state index < -0.39 is 6.10 Å². The average Bonchev–Trinajstić information content (AvgIpc) is 3.63. The van der Waals surface area contributed by atoms with Crippen molar-refractivity contribution in [2.75, 3.05) is 32.7 Å². The standard InChI is InChI=1S/C24H27N7O4/c1-25-21-8-17(28-23-15(10-27-31(21)23)24(33)29-16-5-6-19(16)32)14-9-26-22-13(14)4-3-7-30(22)18-11-35-12-20(18)34-2/h3-4,7-10,16,18-20,25,32H,5-6,11-12H2,1-2H3,(H,29,33)/t16?,18?,19-,20+/m1/s1. The molecular weight excluding hydrogens is 450 g/mol. The maximum Gasteiger partial charge on any atom is 0.257 e. The molecule has 2 fully saturated rings. The van der Waals surface area contributed by atoms with Gasteiger partial charge in [-0.3, -0.25) is 4.79 Å². The predicted molar refractivity (Wildman–Crippen MR) is 128 cm³/mol. The van der Waals surface area contributed by atoms with E-state index >= 15 is 0 Å². The number of fused-ring (bicyclic) bond motifs is 2. The number of hydrogen-bond acceptors (Lipinski definition) is 8. The minimum Gasteiger partial charge on any atom is -0.391 e. The molecule has 182 valence electrons. The van der Waals surface area contributed by atoms with Gasteiger partial charge >= 0.3 is 0 Å². The highest BCUT2D eigenvalue weighted by molar-refractivity contribution is 6.00. The van der Waals surface area contributed by atoms with E-state index in [-0.39, 0.29) is 24.1 Å². The second-order valence-electron chi connectivity index (χ2n) is 9.00. The lowest BCUT2D eigenvalue weighted by molar-refractivity contribution is 0.0448. The second kappa shape index (κ2) is 8.59. The zero-order valence-electron chi connectivity index (χ0n) is 19.5. The van der Waals surface area contributed by atoms with E-state index in [0.29, 0.717) is 42.4 Å². The predicted octanol–water partition coefficient (Wildman–Crippen LogP) is 1.58. The Labute approximate surface area is 201 Å². The van der Waals surface area contributed by atoms with E-state index in [4.69, 9.17) is 19.4 Å². The topological polar surface area (TPSA) is 128 Å². The third-order valence-electron chi connectivity index (χ3n) is 7.06. The SMILES string of the molecule is CNc1cc(-c2cnc3n(C4COC[C@@H]4OC)cccc2-3)nc2c(C(=O)NC3CC[C@H]3O)cnn12. The maximum absolute atomic E-state index is 13.0. The first-order valence-corrected chi connectivity index (χ1v) is 11.7. The van der Waals surface area contributed by atoms with E-state index in [1.807, 2.05) is 24.4 Å². The van der Waals surface area contributed by atoms with Crippen LogP contribution in [0.2, 0.25) is 0 Å². The fourth-order valence-corrected chi connectivity index (χ4v) is 4.87. The number of carbonyl (C=O) groups is 1. The van der Waals surface area contributed by atoms with Gasteiger partial charge in [0.2, 0.25) is 0 Å². The van der Waals surface area contributed by atoms with Crippen LogP contribution in [-0.4, -0.2) is 80.8 Å². The molecule has 3 aliphatic heterocycles. The Morgan fingerprint density at radius 1 is 1.26 bits per heavy atom. The monoisotopic (exact) mass is 477 g/mol. The Hall–Kier alpha value is -3.54.